The summed E-state index contributed by atoms with van der Waals surface area (Å²) in [6.45, 7) is 1.79. The number of sulfonamides is 2. The number of nitrogens with two attached hydrogens (primary N) is 1. The van der Waals surface area contributed by atoms with Crippen molar-refractivity contribution in [2.45, 2.75) is 61.2 Å². The highest BCUT2D eigenvalue weighted by molar-refractivity contribution is 7.90. The van der Waals surface area contributed by atoms with E-state index < -0.39 is 24.9 Å². The van der Waals surface area contributed by atoms with E-state index >= 15 is 0 Å². The van der Waals surface area contributed by atoms with Gasteiger partial charge in [-0.3, -0.25) is 9.59 Å². The minimum absolute atomic E-state index is 0.0143. The summed E-state index contributed by atoms with van der Waals surface area (Å²) in [6.07, 6.45) is 8.35. The summed E-state index contributed by atoms with van der Waals surface area (Å²) in [7, 11) is -7.80. The second-order valence-electron chi connectivity index (χ2n) is 7.65. The van der Waals surface area contributed by atoms with E-state index in [4.69, 9.17) is 16.7 Å². The van der Waals surface area contributed by atoms with Gasteiger partial charge in [-0.1, -0.05) is 24.4 Å². The van der Waals surface area contributed by atoms with Crippen molar-refractivity contribution >= 4 is 49.1 Å². The molecule has 0 saturated carbocycles. The number of amides is 2. The second-order valence-corrected chi connectivity index (χ2v) is 11.3. The summed E-state index contributed by atoms with van der Waals surface area (Å²) in [6, 6.07) is 2.15. The van der Waals surface area contributed by atoms with Gasteiger partial charge in [0.05, 0.1) is 17.4 Å². The maximum absolute atomic E-state index is 11.6. The first kappa shape index (κ1) is 27.3. The van der Waals surface area contributed by atoms with Gasteiger partial charge in [-0.15, -0.1) is 0 Å². The highest BCUT2D eigenvalue weighted by Gasteiger charge is 2.27. The van der Waals surface area contributed by atoms with Crippen LogP contribution in [0.1, 0.15) is 51.4 Å². The monoisotopic (exact) mass is 523 g/mol. The first-order chi connectivity index (χ1) is 15.5. The molecule has 0 spiro atoms. The number of fused-ring (bicyclic) bond motifs is 1. The van der Waals surface area contributed by atoms with Crippen molar-refractivity contribution in [1.29, 1.82) is 0 Å². The van der Waals surface area contributed by atoms with Gasteiger partial charge in [0.25, 0.3) is 0 Å². The van der Waals surface area contributed by atoms with Gasteiger partial charge in [0, 0.05) is 25.9 Å². The van der Waals surface area contributed by atoms with Crippen LogP contribution < -0.4 is 25.8 Å². The molecule has 2 fully saturated rings. The molecule has 0 atom stereocenters. The zero-order valence-electron chi connectivity index (χ0n) is 18.2. The molecule has 0 radical (unpaired) electrons. The zero-order valence-corrected chi connectivity index (χ0v) is 20.5. The standard InChI is InChI=1S/C7H8ClN3O4S2.2C6H11NO/c8-4-1-5-7(2-6(4)16(9,12)13)17(14,15)11-3-10-5;2*8-6-4-2-1-3-5-7-6/h1-2,10-11H,3H2,(H2,9,12,13);2*1-5H2,(H,7,8). The van der Waals surface area contributed by atoms with E-state index in [0.29, 0.717) is 0 Å². The van der Waals surface area contributed by atoms with Crippen molar-refractivity contribution in [3.05, 3.63) is 17.2 Å². The van der Waals surface area contributed by atoms with Crippen molar-refractivity contribution < 1.29 is 26.4 Å². The van der Waals surface area contributed by atoms with Gasteiger partial charge in [-0.25, -0.2) is 22.0 Å². The van der Waals surface area contributed by atoms with Crippen molar-refractivity contribution in [3.63, 3.8) is 0 Å². The largest absolute Gasteiger partial charge is 0.370 e. The van der Waals surface area contributed by atoms with E-state index in [0.717, 1.165) is 57.7 Å². The Morgan fingerprint density at radius 2 is 1.39 bits per heavy atom. The first-order valence-corrected chi connectivity index (χ1v) is 14.0. The van der Waals surface area contributed by atoms with Gasteiger partial charge in [0.15, 0.2) is 0 Å². The molecule has 6 N–H and O–H groups in total. The molecule has 3 aliphatic heterocycles. The molecule has 3 aliphatic rings. The van der Waals surface area contributed by atoms with E-state index in [1.165, 1.54) is 18.9 Å². The molecule has 33 heavy (non-hydrogen) atoms. The van der Waals surface area contributed by atoms with Crippen molar-refractivity contribution in [3.8, 4) is 0 Å². The Hall–Kier alpha value is -1.93. The van der Waals surface area contributed by atoms with E-state index in [2.05, 4.69) is 20.7 Å². The van der Waals surface area contributed by atoms with Gasteiger partial charge in [-0.2, -0.15) is 4.72 Å². The lowest BCUT2D eigenvalue weighted by molar-refractivity contribution is -0.121. The van der Waals surface area contributed by atoms with Crippen LogP contribution in [0.2, 0.25) is 5.02 Å². The Morgan fingerprint density at radius 3 is 1.91 bits per heavy atom. The molecule has 0 unspecified atom stereocenters. The van der Waals surface area contributed by atoms with Crippen LogP contribution in [0, 0.1) is 0 Å². The van der Waals surface area contributed by atoms with Crippen LogP contribution in [0.4, 0.5) is 5.69 Å². The van der Waals surface area contributed by atoms with Gasteiger partial charge in [0.2, 0.25) is 31.9 Å². The second kappa shape index (κ2) is 12.5. The third-order valence-corrected chi connectivity index (χ3v) is 7.79. The van der Waals surface area contributed by atoms with Crippen LogP contribution in [-0.2, 0) is 29.6 Å². The summed E-state index contributed by atoms with van der Waals surface area (Å²) in [5.41, 5.74) is 0.237. The average molecular weight is 524 g/mol. The van der Waals surface area contributed by atoms with Gasteiger partial charge < -0.3 is 16.0 Å². The van der Waals surface area contributed by atoms with E-state index in [9.17, 15) is 26.4 Å². The smallest absolute Gasteiger partial charge is 0.244 e. The fourth-order valence-electron chi connectivity index (χ4n) is 3.22. The molecule has 0 aliphatic carbocycles. The van der Waals surface area contributed by atoms with Crippen LogP contribution in [-0.4, -0.2) is 48.4 Å². The Labute approximate surface area is 199 Å². The normalized spacial score (nSPS) is 19.9. The Kier molecular flexibility index (Phi) is 10.4. The Balaban J connectivity index is 0.000000200. The molecule has 14 heteroatoms. The van der Waals surface area contributed by atoms with Crippen LogP contribution in [0.3, 0.4) is 0 Å². The molecule has 0 aromatic heterocycles. The van der Waals surface area contributed by atoms with Gasteiger partial charge >= 0.3 is 0 Å². The molecular formula is C19H30ClN5O6S2. The summed E-state index contributed by atoms with van der Waals surface area (Å²) in [4.78, 5) is 20.5. The zero-order chi connectivity index (χ0) is 24.5. The molecule has 2 amide bonds. The van der Waals surface area contributed by atoms with Crippen molar-refractivity contribution in [2.24, 2.45) is 5.14 Å². The highest BCUT2D eigenvalue weighted by atomic mass is 35.5. The van der Waals surface area contributed by atoms with Crippen LogP contribution in [0.15, 0.2) is 21.9 Å². The molecule has 4 rings (SSSR count). The van der Waals surface area contributed by atoms with Gasteiger partial charge in [0.1, 0.15) is 9.79 Å². The topological polar surface area (TPSA) is 177 Å². The summed E-state index contributed by atoms with van der Waals surface area (Å²) >= 11 is 5.72. The van der Waals surface area contributed by atoms with Crippen molar-refractivity contribution in [1.82, 2.24) is 15.4 Å². The molecule has 1 aromatic rings. The summed E-state index contributed by atoms with van der Waals surface area (Å²) < 4.78 is 47.9. The number of anilines is 1. The number of carbonyl (C=O) groups excluding carboxylic acids is 2. The number of rotatable bonds is 1. The van der Waals surface area contributed by atoms with Crippen molar-refractivity contribution in [2.75, 3.05) is 25.1 Å². The van der Waals surface area contributed by atoms with E-state index in [1.807, 2.05) is 0 Å². The molecule has 1 aromatic carbocycles. The third-order valence-electron chi connectivity index (χ3n) is 4.98. The molecule has 2 saturated heterocycles. The number of carbonyl (C=O) groups is 2. The minimum Gasteiger partial charge on any atom is -0.370 e. The lowest BCUT2D eigenvalue weighted by atomic mass is 10.2. The predicted octanol–water partition coefficient (Wildman–Crippen LogP) is 1.00. The number of primary sulfonamides is 1. The fourth-order valence-corrected chi connectivity index (χ4v) is 5.51. The number of nitrogens with one attached hydrogen (secondary N) is 4. The number of benzene rings is 1. The SMILES string of the molecule is NS(=O)(=O)c1cc2c(cc1Cl)NCNS2(=O)=O.O=C1CCCCCN1.O=C1CCCCCN1. The molecule has 3 heterocycles. The predicted molar refractivity (Wildman–Crippen MR) is 125 cm³/mol. The maximum Gasteiger partial charge on any atom is 0.244 e. The molecule has 11 nitrogen and oxygen atoms in total. The lowest BCUT2D eigenvalue weighted by Gasteiger charge is -2.20. The maximum atomic E-state index is 11.6. The summed E-state index contributed by atoms with van der Waals surface area (Å²) in [5, 5.41) is 13.1. The lowest BCUT2D eigenvalue weighted by Crippen LogP contribution is -2.34. The number of halogens is 1. The first-order valence-electron chi connectivity index (χ1n) is 10.6. The quantitative estimate of drug-likeness (QED) is 0.364. The van der Waals surface area contributed by atoms with Crippen LogP contribution >= 0.6 is 11.6 Å². The van der Waals surface area contributed by atoms with Crippen LogP contribution in [0.25, 0.3) is 0 Å². The average Bonchev–Trinajstić information content (AvgIpc) is 3.11. The molecule has 0 bridgehead atoms. The van der Waals surface area contributed by atoms with Crippen LogP contribution in [0.5, 0.6) is 0 Å². The van der Waals surface area contributed by atoms with E-state index in [1.54, 1.807) is 0 Å². The summed E-state index contributed by atoms with van der Waals surface area (Å²) in [5.74, 6) is 0.449. The molecule has 186 valence electrons. The Morgan fingerprint density at radius 1 is 0.848 bits per heavy atom. The fraction of sp³-hybridized carbons (Fsp3) is 0.579. The highest BCUT2D eigenvalue weighted by Crippen LogP contribution is 2.32. The van der Waals surface area contributed by atoms with E-state index in [-0.39, 0.29) is 34.1 Å². The minimum atomic E-state index is -4.07. The van der Waals surface area contributed by atoms with Gasteiger partial charge in [-0.05, 0) is 37.8 Å². The number of hydrogen-bond acceptors (Lipinski definition) is 7. The third kappa shape index (κ3) is 9.08. The number of hydrogen-bond donors (Lipinski definition) is 5. The molecular weight excluding hydrogens is 494 g/mol. The Bertz CT molecular complexity index is 1020.